The third-order valence-corrected chi connectivity index (χ3v) is 3.58. The molecule has 1 unspecified atom stereocenters. The molecule has 0 radical (unpaired) electrons. The first-order valence-corrected chi connectivity index (χ1v) is 6.51. The molecule has 0 spiro atoms. The van der Waals surface area contributed by atoms with Crippen molar-refractivity contribution in [1.29, 1.82) is 0 Å². The highest BCUT2D eigenvalue weighted by Crippen LogP contribution is 2.27. The van der Waals surface area contributed by atoms with Crippen molar-refractivity contribution in [3.05, 3.63) is 41.9 Å². The van der Waals surface area contributed by atoms with E-state index in [-0.39, 0.29) is 0 Å². The topological polar surface area (TPSA) is 44.8 Å². The zero-order valence-electron chi connectivity index (χ0n) is 10.6. The van der Waals surface area contributed by atoms with Crippen LogP contribution in [0.25, 0.3) is 0 Å². The zero-order chi connectivity index (χ0) is 12.4. The zero-order valence-corrected chi connectivity index (χ0v) is 10.6. The fraction of sp³-hybridized carbons (Fsp3) is 0.429. The Labute approximate surface area is 107 Å². The minimum absolute atomic E-state index is 0.545. The van der Waals surface area contributed by atoms with Gasteiger partial charge < -0.3 is 4.90 Å². The molecule has 0 aliphatic carbocycles. The summed E-state index contributed by atoms with van der Waals surface area (Å²) < 4.78 is 0. The largest absolute Gasteiger partial charge is 0.356 e. The van der Waals surface area contributed by atoms with Crippen LogP contribution in [0.15, 0.2) is 30.5 Å². The summed E-state index contributed by atoms with van der Waals surface area (Å²) in [4.78, 5) is 6.99. The van der Waals surface area contributed by atoms with Crippen molar-refractivity contribution >= 4 is 5.82 Å². The van der Waals surface area contributed by atoms with Crippen LogP contribution in [0.3, 0.4) is 0 Å². The van der Waals surface area contributed by atoms with E-state index in [9.17, 15) is 0 Å². The predicted octanol–water partition coefficient (Wildman–Crippen LogP) is 2.50. The van der Waals surface area contributed by atoms with Crippen molar-refractivity contribution < 1.29 is 0 Å². The lowest BCUT2D eigenvalue weighted by Crippen LogP contribution is -2.35. The van der Waals surface area contributed by atoms with Crippen LogP contribution in [0.4, 0.5) is 5.82 Å². The highest BCUT2D eigenvalue weighted by Gasteiger charge is 2.22. The van der Waals surface area contributed by atoms with Crippen molar-refractivity contribution in [2.75, 3.05) is 18.0 Å². The van der Waals surface area contributed by atoms with E-state index in [4.69, 9.17) is 0 Å². The lowest BCUT2D eigenvalue weighted by Gasteiger charge is -2.33. The number of pyridine rings is 1. The van der Waals surface area contributed by atoms with E-state index in [0.29, 0.717) is 5.92 Å². The highest BCUT2D eigenvalue weighted by atomic mass is 15.2. The van der Waals surface area contributed by atoms with Gasteiger partial charge in [-0.2, -0.15) is 5.10 Å². The summed E-state index contributed by atoms with van der Waals surface area (Å²) in [7, 11) is 0. The van der Waals surface area contributed by atoms with Gasteiger partial charge in [-0.3, -0.25) is 5.10 Å². The molecule has 1 saturated heterocycles. The van der Waals surface area contributed by atoms with Gasteiger partial charge in [-0.1, -0.05) is 6.07 Å². The lowest BCUT2D eigenvalue weighted by molar-refractivity contribution is 0.498. The van der Waals surface area contributed by atoms with Crippen LogP contribution in [-0.2, 0) is 0 Å². The van der Waals surface area contributed by atoms with Gasteiger partial charge in [-0.15, -0.1) is 0 Å². The third-order valence-electron chi connectivity index (χ3n) is 3.58. The van der Waals surface area contributed by atoms with Crippen LogP contribution in [0.1, 0.15) is 30.1 Å². The number of hydrogen-bond acceptors (Lipinski definition) is 3. The number of H-pyrrole nitrogens is 1. The normalized spacial score (nSPS) is 20.1. The van der Waals surface area contributed by atoms with E-state index in [0.717, 1.165) is 24.6 Å². The molecule has 18 heavy (non-hydrogen) atoms. The van der Waals surface area contributed by atoms with Gasteiger partial charge in [0.2, 0.25) is 0 Å². The standard InChI is InChI=1S/C14H18N4/c1-11-4-2-6-14(16-11)18-9-3-5-12(10-18)13-7-8-15-17-13/h2,4,6-8,12H,3,5,9-10H2,1H3,(H,15,17). The Balaban J connectivity index is 1.78. The first-order valence-electron chi connectivity index (χ1n) is 6.51. The summed E-state index contributed by atoms with van der Waals surface area (Å²) in [5.41, 5.74) is 2.32. The van der Waals surface area contributed by atoms with Gasteiger partial charge in [0.05, 0.1) is 0 Å². The molecule has 1 aliphatic heterocycles. The quantitative estimate of drug-likeness (QED) is 0.880. The van der Waals surface area contributed by atoms with Crippen LogP contribution in [0, 0.1) is 6.92 Å². The average molecular weight is 242 g/mol. The first kappa shape index (κ1) is 11.3. The summed E-state index contributed by atoms with van der Waals surface area (Å²) in [6, 6.07) is 8.30. The van der Waals surface area contributed by atoms with Gasteiger partial charge in [0.1, 0.15) is 5.82 Å². The number of hydrogen-bond donors (Lipinski definition) is 1. The second-order valence-corrected chi connectivity index (χ2v) is 4.93. The van der Waals surface area contributed by atoms with E-state index in [1.807, 2.05) is 19.2 Å². The van der Waals surface area contributed by atoms with E-state index in [2.05, 4.69) is 38.3 Å². The summed E-state index contributed by atoms with van der Waals surface area (Å²) >= 11 is 0. The van der Waals surface area contributed by atoms with Crippen molar-refractivity contribution in [2.45, 2.75) is 25.7 Å². The van der Waals surface area contributed by atoms with E-state index in [1.54, 1.807) is 0 Å². The molecule has 1 N–H and O–H groups in total. The molecule has 1 atom stereocenters. The summed E-state index contributed by atoms with van der Waals surface area (Å²) in [5.74, 6) is 1.64. The molecular formula is C14H18N4. The van der Waals surface area contributed by atoms with Gasteiger partial charge in [-0.05, 0) is 38.0 Å². The number of piperidine rings is 1. The van der Waals surface area contributed by atoms with Crippen molar-refractivity contribution in [2.24, 2.45) is 0 Å². The molecule has 1 fully saturated rings. The first-order chi connectivity index (χ1) is 8.83. The van der Waals surface area contributed by atoms with Crippen molar-refractivity contribution in [3.63, 3.8) is 0 Å². The van der Waals surface area contributed by atoms with E-state index >= 15 is 0 Å². The monoisotopic (exact) mass is 242 g/mol. The van der Waals surface area contributed by atoms with Gasteiger partial charge in [0, 0.05) is 36.6 Å². The Morgan fingerprint density at radius 3 is 3.06 bits per heavy atom. The van der Waals surface area contributed by atoms with Gasteiger partial charge in [0.15, 0.2) is 0 Å². The molecule has 4 nitrogen and oxygen atoms in total. The Morgan fingerprint density at radius 1 is 1.33 bits per heavy atom. The Hall–Kier alpha value is -1.84. The second kappa shape index (κ2) is 4.80. The molecule has 2 aromatic rings. The number of rotatable bonds is 2. The van der Waals surface area contributed by atoms with E-state index in [1.165, 1.54) is 18.5 Å². The molecule has 1 aliphatic rings. The number of aromatic amines is 1. The molecule has 3 rings (SSSR count). The summed E-state index contributed by atoms with van der Waals surface area (Å²) in [6.07, 6.45) is 4.27. The number of aryl methyl sites for hydroxylation is 1. The predicted molar refractivity (Wildman–Crippen MR) is 71.7 cm³/mol. The number of anilines is 1. The molecule has 3 heterocycles. The summed E-state index contributed by atoms with van der Waals surface area (Å²) in [5, 5.41) is 7.14. The van der Waals surface area contributed by atoms with Crippen molar-refractivity contribution in [3.8, 4) is 0 Å². The van der Waals surface area contributed by atoms with Gasteiger partial charge >= 0.3 is 0 Å². The fourth-order valence-corrected chi connectivity index (χ4v) is 2.64. The van der Waals surface area contributed by atoms with Crippen LogP contribution < -0.4 is 4.90 Å². The Kier molecular flexibility index (Phi) is 3.00. The van der Waals surface area contributed by atoms with Crippen LogP contribution >= 0.6 is 0 Å². The van der Waals surface area contributed by atoms with Crippen LogP contribution in [0.2, 0.25) is 0 Å². The molecule has 4 heteroatoms. The Morgan fingerprint density at radius 2 is 2.28 bits per heavy atom. The van der Waals surface area contributed by atoms with Gasteiger partial charge in [-0.25, -0.2) is 4.98 Å². The number of aromatic nitrogens is 3. The minimum atomic E-state index is 0.545. The third kappa shape index (κ3) is 2.23. The highest BCUT2D eigenvalue weighted by molar-refractivity contribution is 5.40. The molecule has 94 valence electrons. The van der Waals surface area contributed by atoms with E-state index < -0.39 is 0 Å². The molecular weight excluding hydrogens is 224 g/mol. The van der Waals surface area contributed by atoms with Crippen LogP contribution in [0.5, 0.6) is 0 Å². The molecule has 0 saturated carbocycles. The average Bonchev–Trinajstić information content (AvgIpc) is 2.93. The summed E-state index contributed by atoms with van der Waals surface area (Å²) in [6.45, 7) is 4.17. The maximum absolute atomic E-state index is 4.61. The maximum atomic E-state index is 4.61. The SMILES string of the molecule is Cc1cccc(N2CCCC(c3ccn[nH]3)C2)n1. The number of nitrogens with one attached hydrogen (secondary N) is 1. The smallest absolute Gasteiger partial charge is 0.128 e. The molecule has 2 aromatic heterocycles. The van der Waals surface area contributed by atoms with Crippen LogP contribution in [-0.4, -0.2) is 28.3 Å². The fourth-order valence-electron chi connectivity index (χ4n) is 2.64. The lowest BCUT2D eigenvalue weighted by atomic mass is 9.95. The minimum Gasteiger partial charge on any atom is -0.356 e. The number of nitrogens with zero attached hydrogens (tertiary/aromatic N) is 3. The molecule has 0 bridgehead atoms. The maximum Gasteiger partial charge on any atom is 0.128 e. The molecule has 0 amide bonds. The molecule has 0 aromatic carbocycles. The van der Waals surface area contributed by atoms with Crippen molar-refractivity contribution in [1.82, 2.24) is 15.2 Å². The van der Waals surface area contributed by atoms with Gasteiger partial charge in [0.25, 0.3) is 0 Å². The second-order valence-electron chi connectivity index (χ2n) is 4.93. The Bertz CT molecular complexity index is 506.